The lowest BCUT2D eigenvalue weighted by Gasteiger charge is -2.25. The van der Waals surface area contributed by atoms with Gasteiger partial charge in [-0.1, -0.05) is 11.6 Å². The number of hydrogen-bond donors (Lipinski definition) is 1. The molecule has 8 nitrogen and oxygen atoms in total. The molecule has 1 saturated heterocycles. The molecule has 2 aromatic heterocycles. The molecule has 1 fully saturated rings. The molecule has 3 rings (SSSR count). The van der Waals surface area contributed by atoms with Crippen LogP contribution >= 0.6 is 0 Å². The van der Waals surface area contributed by atoms with Crippen molar-refractivity contribution in [3.05, 3.63) is 29.3 Å². The smallest absolute Gasteiger partial charge is 0.273 e. The Bertz CT molecular complexity index is 715. The summed E-state index contributed by atoms with van der Waals surface area (Å²) in [4.78, 5) is 14.6. The van der Waals surface area contributed by atoms with Crippen LogP contribution in [-0.4, -0.2) is 61.8 Å². The third-order valence-corrected chi connectivity index (χ3v) is 4.80. The monoisotopic (exact) mass is 359 g/mol. The molecule has 1 amide bonds. The molecule has 3 heterocycles. The van der Waals surface area contributed by atoms with Crippen LogP contribution in [0.5, 0.6) is 0 Å². The Balaban J connectivity index is 1.38. The first kappa shape index (κ1) is 18.6. The maximum Gasteiger partial charge on any atom is 0.273 e. The Labute approximate surface area is 154 Å². The lowest BCUT2D eigenvalue weighted by atomic mass is 10.1. The number of aromatic nitrogens is 5. The van der Waals surface area contributed by atoms with Gasteiger partial charge in [-0.05, 0) is 52.3 Å². The number of carbonyl (C=O) groups excluding carboxylic acids is 1. The number of piperidine rings is 1. The molecule has 2 aromatic rings. The zero-order valence-corrected chi connectivity index (χ0v) is 15.8. The predicted molar refractivity (Wildman–Crippen MR) is 99.0 cm³/mol. The Morgan fingerprint density at radius 1 is 1.15 bits per heavy atom. The van der Waals surface area contributed by atoms with Crippen LogP contribution in [0.25, 0.3) is 0 Å². The van der Waals surface area contributed by atoms with Gasteiger partial charge in [0.2, 0.25) is 0 Å². The Morgan fingerprint density at radius 2 is 1.96 bits per heavy atom. The average molecular weight is 359 g/mol. The topological polar surface area (TPSA) is 80.9 Å². The minimum Gasteiger partial charge on any atom is -0.351 e. The molecule has 142 valence electrons. The maximum atomic E-state index is 12.2. The van der Waals surface area contributed by atoms with Gasteiger partial charge in [0, 0.05) is 25.3 Å². The van der Waals surface area contributed by atoms with Gasteiger partial charge in [0.15, 0.2) is 5.69 Å². The lowest BCUT2D eigenvalue weighted by Crippen LogP contribution is -2.32. The van der Waals surface area contributed by atoms with Crippen LogP contribution in [-0.2, 0) is 13.1 Å². The summed E-state index contributed by atoms with van der Waals surface area (Å²) in [5.41, 5.74) is 2.55. The molecule has 0 spiro atoms. The first-order valence-corrected chi connectivity index (χ1v) is 9.53. The minimum absolute atomic E-state index is 0.164. The van der Waals surface area contributed by atoms with Crippen LogP contribution in [0, 0.1) is 13.8 Å². The van der Waals surface area contributed by atoms with Crippen LogP contribution in [0.2, 0.25) is 0 Å². The van der Waals surface area contributed by atoms with Crippen molar-refractivity contribution < 1.29 is 4.79 Å². The molecule has 8 heteroatoms. The highest BCUT2D eigenvalue weighted by atomic mass is 16.2. The van der Waals surface area contributed by atoms with Gasteiger partial charge in [-0.3, -0.25) is 14.2 Å². The molecule has 0 aromatic carbocycles. The van der Waals surface area contributed by atoms with E-state index in [4.69, 9.17) is 0 Å². The third kappa shape index (κ3) is 5.14. The van der Waals surface area contributed by atoms with E-state index in [0.29, 0.717) is 12.2 Å². The van der Waals surface area contributed by atoms with Crippen molar-refractivity contribution >= 4 is 5.91 Å². The number of nitrogens with zero attached hydrogens (tertiary/aromatic N) is 6. The summed E-state index contributed by atoms with van der Waals surface area (Å²) >= 11 is 0. The molecule has 0 saturated carbocycles. The van der Waals surface area contributed by atoms with Crippen molar-refractivity contribution in [1.29, 1.82) is 0 Å². The van der Waals surface area contributed by atoms with Crippen molar-refractivity contribution in [1.82, 2.24) is 35.0 Å². The normalized spacial score (nSPS) is 15.3. The Morgan fingerprint density at radius 3 is 2.69 bits per heavy atom. The van der Waals surface area contributed by atoms with E-state index in [1.165, 1.54) is 19.3 Å². The molecule has 0 unspecified atom stereocenters. The number of hydrogen-bond acceptors (Lipinski definition) is 5. The second kappa shape index (κ2) is 8.93. The van der Waals surface area contributed by atoms with Gasteiger partial charge in [0.05, 0.1) is 18.4 Å². The van der Waals surface area contributed by atoms with Crippen LogP contribution in [0.3, 0.4) is 0 Å². The molecule has 0 radical (unpaired) electrons. The fourth-order valence-corrected chi connectivity index (χ4v) is 3.36. The first-order chi connectivity index (χ1) is 12.6. The molecule has 0 atom stereocenters. The quantitative estimate of drug-likeness (QED) is 0.721. The van der Waals surface area contributed by atoms with Crippen LogP contribution in [0.1, 0.15) is 47.6 Å². The van der Waals surface area contributed by atoms with E-state index >= 15 is 0 Å². The summed E-state index contributed by atoms with van der Waals surface area (Å²) in [6.45, 7) is 9.49. The van der Waals surface area contributed by atoms with Gasteiger partial charge in [-0.2, -0.15) is 5.10 Å². The SMILES string of the molecule is Cc1cc(C)n(CCCNC(=O)c2cn(CCN3CCCCC3)nn2)n1. The number of rotatable bonds is 8. The fourth-order valence-electron chi connectivity index (χ4n) is 3.36. The van der Waals surface area contributed by atoms with Crippen molar-refractivity contribution in [2.75, 3.05) is 26.2 Å². The van der Waals surface area contributed by atoms with Crippen molar-refractivity contribution in [2.24, 2.45) is 0 Å². The number of aryl methyl sites for hydroxylation is 3. The Hall–Kier alpha value is -2.22. The van der Waals surface area contributed by atoms with Crippen LogP contribution in [0.4, 0.5) is 0 Å². The molecular weight excluding hydrogens is 330 g/mol. The molecule has 0 bridgehead atoms. The van der Waals surface area contributed by atoms with E-state index in [0.717, 1.165) is 50.5 Å². The molecule has 1 aliphatic heterocycles. The van der Waals surface area contributed by atoms with E-state index in [1.807, 2.05) is 18.5 Å². The van der Waals surface area contributed by atoms with Crippen molar-refractivity contribution in [3.8, 4) is 0 Å². The van der Waals surface area contributed by atoms with E-state index in [9.17, 15) is 4.79 Å². The second-order valence-corrected chi connectivity index (χ2v) is 7.03. The number of likely N-dealkylation sites (tertiary alicyclic amines) is 1. The van der Waals surface area contributed by atoms with Gasteiger partial charge in [0.1, 0.15) is 0 Å². The summed E-state index contributed by atoms with van der Waals surface area (Å²) in [5.74, 6) is -0.164. The van der Waals surface area contributed by atoms with Crippen molar-refractivity contribution in [3.63, 3.8) is 0 Å². The number of amides is 1. The summed E-state index contributed by atoms with van der Waals surface area (Å²) in [6.07, 6.45) is 6.46. The molecular formula is C18H29N7O. The standard InChI is InChI=1S/C18H29N7O/c1-15-13-16(2)25(21-15)10-6-7-19-18(26)17-14-24(22-20-17)12-11-23-8-4-3-5-9-23/h13-14H,3-12H2,1-2H3,(H,19,26). The van der Waals surface area contributed by atoms with Gasteiger partial charge in [-0.15, -0.1) is 5.10 Å². The first-order valence-electron chi connectivity index (χ1n) is 9.53. The fraction of sp³-hybridized carbons (Fsp3) is 0.667. The maximum absolute atomic E-state index is 12.2. The summed E-state index contributed by atoms with van der Waals surface area (Å²) in [6, 6.07) is 2.06. The van der Waals surface area contributed by atoms with Crippen LogP contribution < -0.4 is 5.32 Å². The highest BCUT2D eigenvalue weighted by molar-refractivity contribution is 5.91. The van der Waals surface area contributed by atoms with Gasteiger partial charge in [-0.25, -0.2) is 0 Å². The lowest BCUT2D eigenvalue weighted by molar-refractivity contribution is 0.0947. The largest absolute Gasteiger partial charge is 0.351 e. The van der Waals surface area contributed by atoms with E-state index in [2.05, 4.69) is 31.7 Å². The van der Waals surface area contributed by atoms with Crippen molar-refractivity contribution in [2.45, 2.75) is 52.6 Å². The third-order valence-electron chi connectivity index (χ3n) is 4.80. The second-order valence-electron chi connectivity index (χ2n) is 7.03. The van der Waals surface area contributed by atoms with Gasteiger partial charge in [0.25, 0.3) is 5.91 Å². The molecule has 1 N–H and O–H groups in total. The summed E-state index contributed by atoms with van der Waals surface area (Å²) in [7, 11) is 0. The van der Waals surface area contributed by atoms with Gasteiger partial charge < -0.3 is 10.2 Å². The molecule has 26 heavy (non-hydrogen) atoms. The summed E-state index contributed by atoms with van der Waals surface area (Å²) < 4.78 is 3.73. The zero-order chi connectivity index (χ0) is 18.4. The Kier molecular flexibility index (Phi) is 6.38. The minimum atomic E-state index is -0.164. The number of nitrogens with one attached hydrogen (secondary N) is 1. The number of carbonyl (C=O) groups is 1. The van der Waals surface area contributed by atoms with E-state index in [1.54, 1.807) is 10.9 Å². The van der Waals surface area contributed by atoms with E-state index in [-0.39, 0.29) is 5.91 Å². The molecule has 1 aliphatic rings. The molecule has 0 aliphatic carbocycles. The average Bonchev–Trinajstić information content (AvgIpc) is 3.24. The van der Waals surface area contributed by atoms with Crippen LogP contribution in [0.15, 0.2) is 12.3 Å². The highest BCUT2D eigenvalue weighted by Gasteiger charge is 2.13. The highest BCUT2D eigenvalue weighted by Crippen LogP contribution is 2.08. The summed E-state index contributed by atoms with van der Waals surface area (Å²) in [5, 5.41) is 15.4. The van der Waals surface area contributed by atoms with Gasteiger partial charge >= 0.3 is 0 Å². The predicted octanol–water partition coefficient (Wildman–Crippen LogP) is 1.40. The van der Waals surface area contributed by atoms with E-state index < -0.39 is 0 Å². The zero-order valence-electron chi connectivity index (χ0n) is 15.8.